The van der Waals surface area contributed by atoms with E-state index in [9.17, 15) is 4.79 Å². The molecule has 2 rings (SSSR count). The molecule has 1 amide bonds. The highest BCUT2D eigenvalue weighted by atomic mass is 16.5. The SMILES string of the molecule is CC(C)C(CN)c1ccc2c(c1)N(C)C(=O)CCO2. The fourth-order valence-electron chi connectivity index (χ4n) is 2.49. The van der Waals surface area contributed by atoms with Gasteiger partial charge >= 0.3 is 0 Å². The Hall–Kier alpha value is -1.55. The van der Waals surface area contributed by atoms with Gasteiger partial charge in [-0.15, -0.1) is 0 Å². The quantitative estimate of drug-likeness (QED) is 0.908. The first-order chi connectivity index (χ1) is 9.04. The number of carbonyl (C=O) groups is 1. The van der Waals surface area contributed by atoms with Crippen LogP contribution in [0.5, 0.6) is 5.75 Å². The summed E-state index contributed by atoms with van der Waals surface area (Å²) in [6.07, 6.45) is 0.422. The summed E-state index contributed by atoms with van der Waals surface area (Å²) < 4.78 is 5.62. The Morgan fingerprint density at radius 2 is 2.16 bits per heavy atom. The number of hydrogen-bond acceptors (Lipinski definition) is 3. The molecular formula is C15H22N2O2. The van der Waals surface area contributed by atoms with Crippen LogP contribution in [0.4, 0.5) is 5.69 Å². The van der Waals surface area contributed by atoms with Crippen molar-refractivity contribution < 1.29 is 9.53 Å². The van der Waals surface area contributed by atoms with Crippen molar-refractivity contribution in [1.29, 1.82) is 0 Å². The topological polar surface area (TPSA) is 55.6 Å². The molecule has 1 aliphatic rings. The lowest BCUT2D eigenvalue weighted by molar-refractivity contribution is -0.118. The van der Waals surface area contributed by atoms with Crippen LogP contribution in [-0.4, -0.2) is 26.1 Å². The molecule has 0 saturated heterocycles. The summed E-state index contributed by atoms with van der Waals surface area (Å²) in [5.74, 6) is 1.63. The molecule has 0 radical (unpaired) electrons. The zero-order valence-corrected chi connectivity index (χ0v) is 11.8. The van der Waals surface area contributed by atoms with Gasteiger partial charge in [-0.3, -0.25) is 4.79 Å². The third kappa shape index (κ3) is 2.73. The largest absolute Gasteiger partial charge is 0.491 e. The van der Waals surface area contributed by atoms with E-state index in [4.69, 9.17) is 10.5 Å². The van der Waals surface area contributed by atoms with Crippen molar-refractivity contribution in [3.05, 3.63) is 23.8 Å². The summed E-state index contributed by atoms with van der Waals surface area (Å²) in [5, 5.41) is 0. The second kappa shape index (κ2) is 5.61. The maximum absolute atomic E-state index is 11.9. The van der Waals surface area contributed by atoms with Gasteiger partial charge in [0.2, 0.25) is 5.91 Å². The van der Waals surface area contributed by atoms with E-state index in [2.05, 4.69) is 19.9 Å². The number of fused-ring (bicyclic) bond motifs is 1. The van der Waals surface area contributed by atoms with Gasteiger partial charge in [0.1, 0.15) is 5.75 Å². The lowest BCUT2D eigenvalue weighted by atomic mass is 9.88. The summed E-state index contributed by atoms with van der Waals surface area (Å²) >= 11 is 0. The molecule has 104 valence electrons. The van der Waals surface area contributed by atoms with E-state index in [1.807, 2.05) is 12.1 Å². The molecule has 0 aromatic heterocycles. The highest BCUT2D eigenvalue weighted by Crippen LogP contribution is 2.35. The van der Waals surface area contributed by atoms with E-state index >= 15 is 0 Å². The highest BCUT2D eigenvalue weighted by Gasteiger charge is 2.22. The lowest BCUT2D eigenvalue weighted by Gasteiger charge is -2.23. The molecule has 1 aliphatic heterocycles. The standard InChI is InChI=1S/C15H22N2O2/c1-10(2)12(9-16)11-4-5-14-13(8-11)17(3)15(18)6-7-19-14/h4-5,8,10,12H,6-7,9,16H2,1-3H3. The third-order valence-corrected chi connectivity index (χ3v) is 3.78. The van der Waals surface area contributed by atoms with Crippen LogP contribution in [0.15, 0.2) is 18.2 Å². The van der Waals surface area contributed by atoms with Crippen molar-refractivity contribution in [2.24, 2.45) is 11.7 Å². The second-order valence-electron chi connectivity index (χ2n) is 5.36. The average molecular weight is 262 g/mol. The van der Waals surface area contributed by atoms with Crippen molar-refractivity contribution in [1.82, 2.24) is 0 Å². The molecule has 1 heterocycles. The van der Waals surface area contributed by atoms with E-state index in [0.717, 1.165) is 11.4 Å². The van der Waals surface area contributed by atoms with E-state index in [0.29, 0.717) is 31.4 Å². The number of rotatable bonds is 3. The molecule has 19 heavy (non-hydrogen) atoms. The van der Waals surface area contributed by atoms with Crippen molar-refractivity contribution in [2.75, 3.05) is 25.1 Å². The van der Waals surface area contributed by atoms with Crippen molar-refractivity contribution in [3.8, 4) is 5.75 Å². The van der Waals surface area contributed by atoms with Crippen LogP contribution < -0.4 is 15.4 Å². The molecule has 4 nitrogen and oxygen atoms in total. The molecule has 4 heteroatoms. The zero-order valence-electron chi connectivity index (χ0n) is 11.8. The van der Waals surface area contributed by atoms with Gasteiger partial charge in [-0.25, -0.2) is 0 Å². The fraction of sp³-hybridized carbons (Fsp3) is 0.533. The molecule has 1 aromatic carbocycles. The molecular weight excluding hydrogens is 240 g/mol. The van der Waals surface area contributed by atoms with E-state index in [-0.39, 0.29) is 5.91 Å². The van der Waals surface area contributed by atoms with Gasteiger partial charge in [0.05, 0.1) is 18.7 Å². The molecule has 0 aliphatic carbocycles. The number of anilines is 1. The number of carbonyl (C=O) groups excluding carboxylic acids is 1. The van der Waals surface area contributed by atoms with E-state index in [1.54, 1.807) is 11.9 Å². The minimum atomic E-state index is 0.0877. The highest BCUT2D eigenvalue weighted by molar-refractivity contribution is 5.95. The Kier molecular flexibility index (Phi) is 4.10. The number of ether oxygens (including phenoxy) is 1. The molecule has 1 unspecified atom stereocenters. The lowest BCUT2D eigenvalue weighted by Crippen LogP contribution is -2.25. The Morgan fingerprint density at radius 1 is 1.42 bits per heavy atom. The summed E-state index contributed by atoms with van der Waals surface area (Å²) in [5.41, 5.74) is 7.88. The monoisotopic (exact) mass is 262 g/mol. The maximum atomic E-state index is 11.9. The van der Waals surface area contributed by atoms with Crippen molar-refractivity contribution in [2.45, 2.75) is 26.2 Å². The summed E-state index contributed by atoms with van der Waals surface area (Å²) in [4.78, 5) is 13.6. The number of amides is 1. The predicted molar refractivity (Wildman–Crippen MR) is 76.6 cm³/mol. The molecule has 0 spiro atoms. The third-order valence-electron chi connectivity index (χ3n) is 3.78. The molecule has 2 N–H and O–H groups in total. The molecule has 0 bridgehead atoms. The minimum absolute atomic E-state index is 0.0877. The fourth-order valence-corrected chi connectivity index (χ4v) is 2.49. The first-order valence-corrected chi connectivity index (χ1v) is 6.78. The van der Waals surface area contributed by atoms with Crippen molar-refractivity contribution >= 4 is 11.6 Å². The predicted octanol–water partition coefficient (Wildman–Crippen LogP) is 2.13. The van der Waals surface area contributed by atoms with E-state index < -0.39 is 0 Å². The van der Waals surface area contributed by atoms with Crippen LogP contribution in [0.2, 0.25) is 0 Å². The van der Waals surface area contributed by atoms with Crippen LogP contribution >= 0.6 is 0 Å². The van der Waals surface area contributed by atoms with Gasteiger partial charge in [0, 0.05) is 7.05 Å². The smallest absolute Gasteiger partial charge is 0.230 e. The summed E-state index contributed by atoms with van der Waals surface area (Å²) in [6.45, 7) is 5.37. The number of nitrogens with two attached hydrogens (primary N) is 1. The minimum Gasteiger partial charge on any atom is -0.491 e. The molecule has 1 aromatic rings. The van der Waals surface area contributed by atoms with Gasteiger partial charge in [-0.2, -0.15) is 0 Å². The Labute approximate surface area is 114 Å². The van der Waals surface area contributed by atoms with Crippen LogP contribution in [0, 0.1) is 5.92 Å². The first kappa shape index (κ1) is 13.9. The Balaban J connectivity index is 2.41. The zero-order chi connectivity index (χ0) is 14.0. The van der Waals surface area contributed by atoms with E-state index in [1.165, 1.54) is 5.56 Å². The number of hydrogen-bond donors (Lipinski definition) is 1. The van der Waals surface area contributed by atoms with Gasteiger partial charge in [-0.05, 0) is 36.1 Å². The Morgan fingerprint density at radius 3 is 2.79 bits per heavy atom. The second-order valence-corrected chi connectivity index (χ2v) is 5.36. The van der Waals surface area contributed by atoms with Crippen LogP contribution in [0.25, 0.3) is 0 Å². The molecule has 1 atom stereocenters. The number of nitrogens with zero attached hydrogens (tertiary/aromatic N) is 1. The molecule has 0 saturated carbocycles. The maximum Gasteiger partial charge on any atom is 0.230 e. The normalized spacial score (nSPS) is 16.9. The number of benzene rings is 1. The van der Waals surface area contributed by atoms with Crippen LogP contribution in [0.1, 0.15) is 31.7 Å². The average Bonchev–Trinajstić information content (AvgIpc) is 2.51. The van der Waals surface area contributed by atoms with Crippen LogP contribution in [-0.2, 0) is 4.79 Å². The summed E-state index contributed by atoms with van der Waals surface area (Å²) in [6, 6.07) is 6.04. The van der Waals surface area contributed by atoms with Gasteiger partial charge < -0.3 is 15.4 Å². The summed E-state index contributed by atoms with van der Waals surface area (Å²) in [7, 11) is 1.80. The first-order valence-electron chi connectivity index (χ1n) is 6.78. The Bertz CT molecular complexity index is 471. The van der Waals surface area contributed by atoms with Crippen LogP contribution in [0.3, 0.4) is 0 Å². The molecule has 0 fully saturated rings. The van der Waals surface area contributed by atoms with Crippen molar-refractivity contribution in [3.63, 3.8) is 0 Å². The van der Waals surface area contributed by atoms with Gasteiger partial charge in [0.15, 0.2) is 0 Å². The van der Waals surface area contributed by atoms with Gasteiger partial charge in [0.25, 0.3) is 0 Å². The van der Waals surface area contributed by atoms with Gasteiger partial charge in [-0.1, -0.05) is 19.9 Å².